The highest BCUT2D eigenvalue weighted by Gasteiger charge is 2.20. The van der Waals surface area contributed by atoms with Crippen LogP contribution in [-0.2, 0) is 13.0 Å². The zero-order chi connectivity index (χ0) is 18.6. The van der Waals surface area contributed by atoms with Gasteiger partial charge in [-0.25, -0.2) is 9.07 Å². The monoisotopic (exact) mass is 401 g/mol. The zero-order valence-electron chi connectivity index (χ0n) is 15.1. The molecule has 3 aromatic rings. The van der Waals surface area contributed by atoms with Crippen molar-refractivity contribution in [2.75, 3.05) is 13.1 Å². The molecule has 0 aliphatic carbocycles. The summed E-state index contributed by atoms with van der Waals surface area (Å²) < 4.78 is 14.8. The van der Waals surface area contributed by atoms with E-state index in [1.54, 1.807) is 18.3 Å². The summed E-state index contributed by atoms with van der Waals surface area (Å²) in [5, 5.41) is 14.2. The van der Waals surface area contributed by atoms with Gasteiger partial charge in [-0.3, -0.25) is 4.79 Å². The van der Waals surface area contributed by atoms with Crippen molar-refractivity contribution in [1.29, 1.82) is 0 Å². The molecule has 1 atom stereocenters. The number of aromatic nitrogens is 3. The standard InChI is InChI=1S/C20H20FN5O.ClH/c21-16-6-3-4-14(10-16)12-26-13-19(24-25-26)20(27)23-11-18-17-7-2-1-5-15(17)8-9-22-18;/h1-7,10,13,18,22H,8-9,11-12H2,(H,23,27);1H. The molecule has 0 bridgehead atoms. The molecular weight excluding hydrogens is 381 g/mol. The summed E-state index contributed by atoms with van der Waals surface area (Å²) in [5.41, 5.74) is 3.54. The van der Waals surface area contributed by atoms with Gasteiger partial charge < -0.3 is 10.6 Å². The molecular formula is C20H21ClFN5O. The molecule has 0 saturated heterocycles. The minimum absolute atomic E-state index is 0. The first-order valence-electron chi connectivity index (χ1n) is 8.93. The number of halogens is 2. The maximum absolute atomic E-state index is 13.3. The molecule has 0 spiro atoms. The lowest BCUT2D eigenvalue weighted by Gasteiger charge is -2.27. The molecule has 6 nitrogen and oxygen atoms in total. The average molecular weight is 402 g/mol. The number of benzene rings is 2. The largest absolute Gasteiger partial charge is 0.349 e. The van der Waals surface area contributed by atoms with Crippen LogP contribution in [-0.4, -0.2) is 34.0 Å². The number of fused-ring (bicyclic) bond motifs is 1. The SMILES string of the molecule is Cl.O=C(NCC1NCCc2ccccc21)c1cn(Cc2cccc(F)c2)nn1. The van der Waals surface area contributed by atoms with Crippen LogP contribution >= 0.6 is 12.4 Å². The molecule has 2 N–H and O–H groups in total. The summed E-state index contributed by atoms with van der Waals surface area (Å²) in [6.45, 7) is 1.73. The minimum atomic E-state index is -0.300. The van der Waals surface area contributed by atoms with E-state index >= 15 is 0 Å². The molecule has 2 aromatic carbocycles. The van der Waals surface area contributed by atoms with E-state index in [9.17, 15) is 9.18 Å². The fourth-order valence-corrected chi connectivity index (χ4v) is 3.36. The molecule has 8 heteroatoms. The van der Waals surface area contributed by atoms with Crippen LogP contribution in [0.1, 0.15) is 33.2 Å². The summed E-state index contributed by atoms with van der Waals surface area (Å²) in [4.78, 5) is 12.4. The van der Waals surface area contributed by atoms with E-state index in [0.717, 1.165) is 18.5 Å². The smallest absolute Gasteiger partial charge is 0.273 e. The molecule has 0 saturated carbocycles. The highest BCUT2D eigenvalue weighted by atomic mass is 35.5. The number of rotatable bonds is 5. The Bertz CT molecular complexity index is 961. The van der Waals surface area contributed by atoms with Crippen molar-refractivity contribution in [3.8, 4) is 0 Å². The van der Waals surface area contributed by atoms with Crippen molar-refractivity contribution in [2.45, 2.75) is 19.0 Å². The second-order valence-corrected chi connectivity index (χ2v) is 6.60. The first-order valence-corrected chi connectivity index (χ1v) is 8.93. The lowest BCUT2D eigenvalue weighted by atomic mass is 9.94. The van der Waals surface area contributed by atoms with E-state index in [4.69, 9.17) is 0 Å². The predicted octanol–water partition coefficient (Wildman–Crippen LogP) is 2.50. The van der Waals surface area contributed by atoms with Gasteiger partial charge in [0, 0.05) is 12.6 Å². The van der Waals surface area contributed by atoms with Crippen LogP contribution in [0.3, 0.4) is 0 Å². The number of hydrogen-bond acceptors (Lipinski definition) is 4. The third-order valence-electron chi connectivity index (χ3n) is 4.69. The van der Waals surface area contributed by atoms with Crippen molar-refractivity contribution in [2.24, 2.45) is 0 Å². The average Bonchev–Trinajstić information content (AvgIpc) is 3.14. The predicted molar refractivity (Wildman–Crippen MR) is 106 cm³/mol. The van der Waals surface area contributed by atoms with Crippen molar-refractivity contribution in [1.82, 2.24) is 25.6 Å². The van der Waals surface area contributed by atoms with Crippen molar-refractivity contribution in [3.63, 3.8) is 0 Å². The number of nitrogens with zero attached hydrogens (tertiary/aromatic N) is 3. The van der Waals surface area contributed by atoms with Crippen molar-refractivity contribution < 1.29 is 9.18 Å². The molecule has 1 aliphatic rings. The van der Waals surface area contributed by atoms with Crippen LogP contribution in [0.4, 0.5) is 4.39 Å². The Hall–Kier alpha value is -2.77. The van der Waals surface area contributed by atoms with E-state index in [2.05, 4.69) is 33.1 Å². The lowest BCUT2D eigenvalue weighted by Crippen LogP contribution is -2.38. The molecule has 1 amide bonds. The molecule has 1 aliphatic heterocycles. The second kappa shape index (κ2) is 8.95. The molecule has 146 valence electrons. The number of carbonyl (C=O) groups is 1. The van der Waals surface area contributed by atoms with E-state index in [1.807, 2.05) is 12.1 Å². The minimum Gasteiger partial charge on any atom is -0.349 e. The van der Waals surface area contributed by atoms with Gasteiger partial charge in [-0.05, 0) is 41.8 Å². The first kappa shape index (κ1) is 20.0. The maximum atomic E-state index is 13.3. The summed E-state index contributed by atoms with van der Waals surface area (Å²) in [7, 11) is 0. The van der Waals surface area contributed by atoms with Gasteiger partial charge >= 0.3 is 0 Å². The molecule has 28 heavy (non-hydrogen) atoms. The normalized spacial score (nSPS) is 15.4. The quantitative estimate of drug-likeness (QED) is 0.689. The number of nitrogens with one attached hydrogen (secondary N) is 2. The summed E-state index contributed by atoms with van der Waals surface area (Å²) in [5.74, 6) is -0.573. The molecule has 2 heterocycles. The van der Waals surface area contributed by atoms with Crippen LogP contribution in [0.25, 0.3) is 0 Å². The number of carbonyl (C=O) groups excluding carboxylic acids is 1. The van der Waals surface area contributed by atoms with Gasteiger partial charge in [0.05, 0.1) is 12.7 Å². The Kier molecular flexibility index (Phi) is 6.38. The fourth-order valence-electron chi connectivity index (χ4n) is 3.36. The van der Waals surface area contributed by atoms with Gasteiger partial charge in [-0.1, -0.05) is 41.6 Å². The highest BCUT2D eigenvalue weighted by molar-refractivity contribution is 5.91. The Balaban J connectivity index is 0.00000225. The lowest BCUT2D eigenvalue weighted by molar-refractivity contribution is 0.0944. The van der Waals surface area contributed by atoms with E-state index in [0.29, 0.717) is 13.1 Å². The molecule has 0 fully saturated rings. The third-order valence-corrected chi connectivity index (χ3v) is 4.69. The summed E-state index contributed by atoms with van der Waals surface area (Å²) in [6.07, 6.45) is 2.57. The van der Waals surface area contributed by atoms with Gasteiger partial charge in [0.15, 0.2) is 5.69 Å². The molecule has 4 rings (SSSR count). The molecule has 1 aromatic heterocycles. The Morgan fingerprint density at radius 1 is 1.25 bits per heavy atom. The van der Waals surface area contributed by atoms with Gasteiger partial charge in [0.2, 0.25) is 0 Å². The molecule has 1 unspecified atom stereocenters. The van der Waals surface area contributed by atoms with Crippen molar-refractivity contribution >= 4 is 18.3 Å². The Morgan fingerprint density at radius 3 is 2.96 bits per heavy atom. The van der Waals surface area contributed by atoms with Gasteiger partial charge in [-0.2, -0.15) is 0 Å². The van der Waals surface area contributed by atoms with Gasteiger partial charge in [0.25, 0.3) is 5.91 Å². The van der Waals surface area contributed by atoms with Crippen molar-refractivity contribution in [3.05, 3.63) is 82.9 Å². The first-order chi connectivity index (χ1) is 13.2. The van der Waals surface area contributed by atoms with Crippen LogP contribution in [0.2, 0.25) is 0 Å². The maximum Gasteiger partial charge on any atom is 0.273 e. The zero-order valence-corrected chi connectivity index (χ0v) is 16.0. The van der Waals surface area contributed by atoms with E-state index < -0.39 is 0 Å². The topological polar surface area (TPSA) is 71.8 Å². The summed E-state index contributed by atoms with van der Waals surface area (Å²) >= 11 is 0. The van der Waals surface area contributed by atoms with Gasteiger partial charge in [-0.15, -0.1) is 17.5 Å². The van der Waals surface area contributed by atoms with Crippen LogP contribution in [0.5, 0.6) is 0 Å². The Morgan fingerprint density at radius 2 is 2.11 bits per heavy atom. The van der Waals surface area contributed by atoms with Crippen LogP contribution in [0.15, 0.2) is 54.7 Å². The highest BCUT2D eigenvalue weighted by Crippen LogP contribution is 2.21. The Labute approximate surface area is 168 Å². The van der Waals surface area contributed by atoms with Crippen LogP contribution in [0, 0.1) is 5.82 Å². The molecule has 0 radical (unpaired) electrons. The number of hydrogen-bond donors (Lipinski definition) is 2. The van der Waals surface area contributed by atoms with Crippen LogP contribution < -0.4 is 10.6 Å². The fraction of sp³-hybridized carbons (Fsp3) is 0.250. The summed E-state index contributed by atoms with van der Waals surface area (Å²) in [6, 6.07) is 14.6. The number of amides is 1. The van der Waals surface area contributed by atoms with E-state index in [1.165, 1.54) is 27.9 Å². The third kappa shape index (κ3) is 4.55. The van der Waals surface area contributed by atoms with Gasteiger partial charge in [0.1, 0.15) is 5.82 Å². The van der Waals surface area contributed by atoms with E-state index in [-0.39, 0.29) is 35.9 Å². The second-order valence-electron chi connectivity index (χ2n) is 6.60.